The molecule has 0 spiro atoms. The molecular formula is C13H14F3NO. The maximum absolute atomic E-state index is 12.1. The van der Waals surface area contributed by atoms with Crippen molar-refractivity contribution in [1.29, 1.82) is 0 Å². The summed E-state index contributed by atoms with van der Waals surface area (Å²) >= 11 is 0. The standard InChI is InChI=1S/C13H14F3NO/c1-8-2-3-11-9(6-8)7-12(18-11)10(17)4-5-13(14,15)16/h2-3,6-7,10H,4-5,17H2,1H3. The van der Waals surface area contributed by atoms with E-state index in [0.717, 1.165) is 10.9 Å². The fourth-order valence-electron chi connectivity index (χ4n) is 1.83. The van der Waals surface area contributed by atoms with Crippen LogP contribution in [0.2, 0.25) is 0 Å². The molecular weight excluding hydrogens is 243 g/mol. The molecule has 0 aliphatic carbocycles. The Morgan fingerprint density at radius 3 is 2.67 bits per heavy atom. The Bertz CT molecular complexity index is 545. The van der Waals surface area contributed by atoms with Crippen LogP contribution < -0.4 is 5.73 Å². The van der Waals surface area contributed by atoms with E-state index in [9.17, 15) is 13.2 Å². The minimum atomic E-state index is -4.18. The molecule has 0 aliphatic heterocycles. The number of hydrogen-bond donors (Lipinski definition) is 1. The number of hydrogen-bond acceptors (Lipinski definition) is 2. The molecule has 2 rings (SSSR count). The number of benzene rings is 1. The van der Waals surface area contributed by atoms with Gasteiger partial charge >= 0.3 is 6.18 Å². The Labute approximate surface area is 103 Å². The summed E-state index contributed by atoms with van der Waals surface area (Å²) in [5.74, 6) is 0.403. The Balaban J connectivity index is 2.15. The molecule has 0 amide bonds. The first-order valence-electron chi connectivity index (χ1n) is 5.67. The molecule has 0 saturated heterocycles. The molecule has 2 aromatic rings. The molecule has 1 aromatic heterocycles. The zero-order chi connectivity index (χ0) is 13.3. The van der Waals surface area contributed by atoms with Crippen LogP contribution >= 0.6 is 0 Å². The Hall–Kier alpha value is -1.49. The maximum Gasteiger partial charge on any atom is 0.389 e. The average molecular weight is 257 g/mol. The summed E-state index contributed by atoms with van der Waals surface area (Å²) in [7, 11) is 0. The Kier molecular flexibility index (Phi) is 3.34. The lowest BCUT2D eigenvalue weighted by Gasteiger charge is -2.10. The van der Waals surface area contributed by atoms with E-state index in [0.29, 0.717) is 11.3 Å². The number of rotatable bonds is 3. The van der Waals surface area contributed by atoms with Crippen LogP contribution in [-0.2, 0) is 0 Å². The van der Waals surface area contributed by atoms with Gasteiger partial charge in [0.2, 0.25) is 0 Å². The van der Waals surface area contributed by atoms with Crippen molar-refractivity contribution in [3.05, 3.63) is 35.6 Å². The van der Waals surface area contributed by atoms with Gasteiger partial charge in [0.25, 0.3) is 0 Å². The number of furan rings is 1. The fraction of sp³-hybridized carbons (Fsp3) is 0.385. The van der Waals surface area contributed by atoms with Crippen LogP contribution in [0.5, 0.6) is 0 Å². The summed E-state index contributed by atoms with van der Waals surface area (Å²) in [4.78, 5) is 0. The molecule has 0 radical (unpaired) electrons. The predicted molar refractivity (Wildman–Crippen MR) is 63.2 cm³/mol. The van der Waals surface area contributed by atoms with Gasteiger partial charge in [-0.15, -0.1) is 0 Å². The minimum Gasteiger partial charge on any atom is -0.459 e. The van der Waals surface area contributed by atoms with Crippen molar-refractivity contribution in [2.45, 2.75) is 32.0 Å². The molecule has 1 aromatic carbocycles. The lowest BCUT2D eigenvalue weighted by molar-refractivity contribution is -0.136. The Morgan fingerprint density at radius 2 is 2.00 bits per heavy atom. The van der Waals surface area contributed by atoms with Gasteiger partial charge in [0.05, 0.1) is 6.04 Å². The van der Waals surface area contributed by atoms with Crippen LogP contribution in [0.15, 0.2) is 28.7 Å². The van der Waals surface area contributed by atoms with Crippen molar-refractivity contribution >= 4 is 11.0 Å². The van der Waals surface area contributed by atoms with Gasteiger partial charge in [-0.2, -0.15) is 13.2 Å². The number of halogens is 3. The average Bonchev–Trinajstić information content (AvgIpc) is 2.67. The predicted octanol–water partition coefficient (Wildman–Crippen LogP) is 4.08. The van der Waals surface area contributed by atoms with E-state index in [1.54, 1.807) is 12.1 Å². The Morgan fingerprint density at radius 1 is 1.28 bits per heavy atom. The van der Waals surface area contributed by atoms with Gasteiger partial charge in [0.1, 0.15) is 11.3 Å². The number of fused-ring (bicyclic) bond motifs is 1. The lowest BCUT2D eigenvalue weighted by Crippen LogP contribution is -2.15. The maximum atomic E-state index is 12.1. The van der Waals surface area contributed by atoms with E-state index in [1.807, 2.05) is 19.1 Å². The van der Waals surface area contributed by atoms with Gasteiger partial charge in [-0.05, 0) is 31.5 Å². The van der Waals surface area contributed by atoms with E-state index in [-0.39, 0.29) is 6.42 Å². The van der Waals surface area contributed by atoms with E-state index in [4.69, 9.17) is 10.2 Å². The third kappa shape index (κ3) is 3.04. The first-order valence-corrected chi connectivity index (χ1v) is 5.67. The number of aryl methyl sites for hydroxylation is 1. The summed E-state index contributed by atoms with van der Waals surface area (Å²) in [5, 5.41) is 0.868. The van der Waals surface area contributed by atoms with Gasteiger partial charge in [-0.25, -0.2) is 0 Å². The van der Waals surface area contributed by atoms with E-state index >= 15 is 0 Å². The van der Waals surface area contributed by atoms with Crippen LogP contribution in [-0.4, -0.2) is 6.18 Å². The zero-order valence-corrected chi connectivity index (χ0v) is 9.92. The third-order valence-electron chi connectivity index (χ3n) is 2.80. The largest absolute Gasteiger partial charge is 0.459 e. The second-order valence-corrected chi connectivity index (χ2v) is 4.45. The lowest BCUT2D eigenvalue weighted by atomic mass is 10.1. The molecule has 1 unspecified atom stereocenters. The third-order valence-corrected chi connectivity index (χ3v) is 2.80. The van der Waals surface area contributed by atoms with Crippen molar-refractivity contribution < 1.29 is 17.6 Å². The summed E-state index contributed by atoms with van der Waals surface area (Å²) in [5.41, 5.74) is 7.43. The summed E-state index contributed by atoms with van der Waals surface area (Å²) in [6.45, 7) is 1.94. The first-order chi connectivity index (χ1) is 8.35. The molecule has 0 bridgehead atoms. The zero-order valence-electron chi connectivity index (χ0n) is 9.92. The molecule has 5 heteroatoms. The van der Waals surface area contributed by atoms with E-state index in [1.165, 1.54) is 0 Å². The molecule has 1 heterocycles. The van der Waals surface area contributed by atoms with Crippen molar-refractivity contribution in [2.75, 3.05) is 0 Å². The smallest absolute Gasteiger partial charge is 0.389 e. The summed E-state index contributed by atoms with van der Waals surface area (Å²) in [6, 6.07) is 6.59. The minimum absolute atomic E-state index is 0.164. The SMILES string of the molecule is Cc1ccc2oc(C(N)CCC(F)(F)F)cc2c1. The molecule has 0 saturated carbocycles. The van der Waals surface area contributed by atoms with E-state index in [2.05, 4.69) is 0 Å². The van der Waals surface area contributed by atoms with Crippen LogP contribution in [0, 0.1) is 6.92 Å². The summed E-state index contributed by atoms with van der Waals surface area (Å²) in [6.07, 6.45) is -5.24. The van der Waals surface area contributed by atoms with Gasteiger partial charge < -0.3 is 10.2 Å². The molecule has 18 heavy (non-hydrogen) atoms. The second kappa shape index (κ2) is 4.65. The number of alkyl halides is 3. The van der Waals surface area contributed by atoms with Crippen LogP contribution in [0.3, 0.4) is 0 Å². The topological polar surface area (TPSA) is 39.2 Å². The highest BCUT2D eigenvalue weighted by molar-refractivity contribution is 5.78. The van der Waals surface area contributed by atoms with Crippen LogP contribution in [0.4, 0.5) is 13.2 Å². The van der Waals surface area contributed by atoms with Crippen LogP contribution in [0.25, 0.3) is 11.0 Å². The molecule has 0 aliphatic rings. The molecule has 2 nitrogen and oxygen atoms in total. The fourth-order valence-corrected chi connectivity index (χ4v) is 1.83. The van der Waals surface area contributed by atoms with Crippen molar-refractivity contribution in [3.63, 3.8) is 0 Å². The van der Waals surface area contributed by atoms with Gasteiger partial charge in [0.15, 0.2) is 0 Å². The second-order valence-electron chi connectivity index (χ2n) is 4.45. The van der Waals surface area contributed by atoms with Crippen molar-refractivity contribution in [3.8, 4) is 0 Å². The number of nitrogens with two attached hydrogens (primary N) is 1. The quantitative estimate of drug-likeness (QED) is 0.899. The molecule has 98 valence electrons. The first kappa shape index (κ1) is 13.0. The van der Waals surface area contributed by atoms with E-state index < -0.39 is 18.6 Å². The molecule has 1 atom stereocenters. The van der Waals surface area contributed by atoms with Crippen molar-refractivity contribution in [1.82, 2.24) is 0 Å². The van der Waals surface area contributed by atoms with Crippen LogP contribution in [0.1, 0.15) is 30.2 Å². The molecule has 2 N–H and O–H groups in total. The molecule has 0 fully saturated rings. The van der Waals surface area contributed by atoms with Crippen molar-refractivity contribution in [2.24, 2.45) is 5.73 Å². The normalized spacial score (nSPS) is 14.1. The van der Waals surface area contributed by atoms with Gasteiger partial charge in [0, 0.05) is 11.8 Å². The highest BCUT2D eigenvalue weighted by Gasteiger charge is 2.28. The van der Waals surface area contributed by atoms with Gasteiger partial charge in [-0.3, -0.25) is 0 Å². The van der Waals surface area contributed by atoms with Gasteiger partial charge in [-0.1, -0.05) is 11.6 Å². The summed E-state index contributed by atoms with van der Waals surface area (Å²) < 4.78 is 41.8. The monoisotopic (exact) mass is 257 g/mol. The highest BCUT2D eigenvalue weighted by Crippen LogP contribution is 2.29. The highest BCUT2D eigenvalue weighted by atomic mass is 19.4.